The lowest BCUT2D eigenvalue weighted by Crippen LogP contribution is -2.40. The molecule has 1 aliphatic carbocycles. The van der Waals surface area contributed by atoms with Crippen LogP contribution < -0.4 is 15.8 Å². The Morgan fingerprint density at radius 2 is 1.90 bits per heavy atom. The fraction of sp³-hybridized carbons (Fsp3) is 0.462. The van der Waals surface area contributed by atoms with Gasteiger partial charge in [0.05, 0.1) is 15.1 Å². The molecule has 2 rings (SSSR count). The fourth-order valence-electron chi connectivity index (χ4n) is 1.73. The van der Waals surface area contributed by atoms with E-state index >= 15 is 0 Å². The summed E-state index contributed by atoms with van der Waals surface area (Å²) in [6.07, 6.45) is 2.29. The van der Waals surface area contributed by atoms with Crippen molar-refractivity contribution in [1.82, 2.24) is 5.32 Å². The smallest absolute Gasteiger partial charge is 0.257 e. The van der Waals surface area contributed by atoms with Crippen molar-refractivity contribution in [2.24, 2.45) is 11.7 Å². The maximum absolute atomic E-state index is 11.6. The molecule has 4 nitrogen and oxygen atoms in total. The van der Waals surface area contributed by atoms with Crippen molar-refractivity contribution in [2.75, 3.05) is 13.2 Å². The molecule has 1 aromatic rings. The number of amides is 1. The molecule has 0 radical (unpaired) electrons. The first-order chi connectivity index (χ1) is 9.47. The minimum Gasteiger partial charge on any atom is -0.482 e. The third-order valence-electron chi connectivity index (χ3n) is 3.10. The Balaban J connectivity index is 0.00000220. The average molecular weight is 374 g/mol. The van der Waals surface area contributed by atoms with Gasteiger partial charge in [0.2, 0.25) is 0 Å². The number of carbonyl (C=O) groups excluding carboxylic acids is 1. The molecule has 0 spiro atoms. The van der Waals surface area contributed by atoms with Crippen LogP contribution in [0.25, 0.3) is 0 Å². The number of nitrogens with one attached hydrogen (secondary N) is 1. The molecule has 21 heavy (non-hydrogen) atoms. The van der Waals surface area contributed by atoms with Crippen LogP contribution in [0.2, 0.25) is 15.1 Å². The zero-order chi connectivity index (χ0) is 14.7. The number of hydrogen-bond donors (Lipinski definition) is 2. The summed E-state index contributed by atoms with van der Waals surface area (Å²) in [5, 5.41) is 3.69. The predicted molar refractivity (Wildman–Crippen MR) is 87.9 cm³/mol. The third kappa shape index (κ3) is 5.72. The van der Waals surface area contributed by atoms with Crippen LogP contribution >= 0.6 is 47.2 Å². The second kappa shape index (κ2) is 8.30. The first-order valence-corrected chi connectivity index (χ1v) is 7.40. The number of carbonyl (C=O) groups is 1. The van der Waals surface area contributed by atoms with Crippen molar-refractivity contribution in [3.63, 3.8) is 0 Å². The Morgan fingerprint density at radius 1 is 1.29 bits per heavy atom. The first-order valence-electron chi connectivity index (χ1n) is 6.27. The van der Waals surface area contributed by atoms with Crippen molar-refractivity contribution in [3.8, 4) is 5.75 Å². The molecule has 1 atom stereocenters. The van der Waals surface area contributed by atoms with E-state index in [0.29, 0.717) is 33.3 Å². The van der Waals surface area contributed by atoms with Gasteiger partial charge in [0.25, 0.3) is 5.91 Å². The van der Waals surface area contributed by atoms with Crippen LogP contribution in [0.5, 0.6) is 5.75 Å². The molecule has 0 bridgehead atoms. The van der Waals surface area contributed by atoms with E-state index in [-0.39, 0.29) is 31.0 Å². The van der Waals surface area contributed by atoms with Gasteiger partial charge in [-0.05, 0) is 24.8 Å². The van der Waals surface area contributed by atoms with E-state index in [1.54, 1.807) is 0 Å². The number of ether oxygens (including phenoxy) is 1. The topological polar surface area (TPSA) is 64.3 Å². The maximum atomic E-state index is 11.6. The van der Waals surface area contributed by atoms with Crippen molar-refractivity contribution in [3.05, 3.63) is 27.2 Å². The summed E-state index contributed by atoms with van der Waals surface area (Å²) in [5.41, 5.74) is 5.89. The highest BCUT2D eigenvalue weighted by molar-refractivity contribution is 6.43. The monoisotopic (exact) mass is 372 g/mol. The third-order valence-corrected chi connectivity index (χ3v) is 4.11. The molecule has 3 N–H and O–H groups in total. The molecule has 1 aromatic carbocycles. The lowest BCUT2D eigenvalue weighted by Gasteiger charge is -2.13. The molecule has 0 saturated heterocycles. The highest BCUT2D eigenvalue weighted by Crippen LogP contribution is 2.33. The summed E-state index contributed by atoms with van der Waals surface area (Å²) >= 11 is 17.6. The van der Waals surface area contributed by atoms with E-state index < -0.39 is 0 Å². The summed E-state index contributed by atoms with van der Waals surface area (Å²) in [6, 6.07) is 2.98. The van der Waals surface area contributed by atoms with Gasteiger partial charge in [0.15, 0.2) is 6.61 Å². The Hall–Kier alpha value is -0.390. The van der Waals surface area contributed by atoms with E-state index in [2.05, 4.69) is 5.32 Å². The predicted octanol–water partition coefficient (Wildman–Crippen LogP) is 3.30. The molecule has 8 heteroatoms. The normalized spacial score (nSPS) is 15.0. The van der Waals surface area contributed by atoms with Gasteiger partial charge in [-0.2, -0.15) is 0 Å². The minimum absolute atomic E-state index is 0. The average Bonchev–Trinajstić information content (AvgIpc) is 3.23. The molecule has 118 valence electrons. The summed E-state index contributed by atoms with van der Waals surface area (Å²) in [6.45, 7) is 0.317. The molecule has 0 heterocycles. The molecular formula is C13H16Cl4N2O2. The van der Waals surface area contributed by atoms with E-state index in [4.69, 9.17) is 45.3 Å². The van der Waals surface area contributed by atoms with Crippen LogP contribution in [0.4, 0.5) is 0 Å². The molecule has 1 saturated carbocycles. The van der Waals surface area contributed by atoms with Crippen LogP contribution in [0.15, 0.2) is 12.1 Å². The van der Waals surface area contributed by atoms with Crippen LogP contribution in [0.1, 0.15) is 12.8 Å². The van der Waals surface area contributed by atoms with E-state index in [1.807, 2.05) is 0 Å². The summed E-state index contributed by atoms with van der Waals surface area (Å²) in [7, 11) is 0. The maximum Gasteiger partial charge on any atom is 0.257 e. The molecule has 1 unspecified atom stereocenters. The number of benzene rings is 1. The minimum atomic E-state index is -0.247. The van der Waals surface area contributed by atoms with Gasteiger partial charge in [-0.15, -0.1) is 12.4 Å². The van der Waals surface area contributed by atoms with Crippen molar-refractivity contribution in [2.45, 2.75) is 18.9 Å². The second-order valence-electron chi connectivity index (χ2n) is 4.79. The van der Waals surface area contributed by atoms with E-state index in [9.17, 15) is 4.79 Å². The van der Waals surface area contributed by atoms with Gasteiger partial charge < -0.3 is 15.8 Å². The lowest BCUT2D eigenvalue weighted by molar-refractivity contribution is -0.123. The second-order valence-corrected chi connectivity index (χ2v) is 6.01. The van der Waals surface area contributed by atoms with Crippen molar-refractivity contribution < 1.29 is 9.53 Å². The van der Waals surface area contributed by atoms with Crippen LogP contribution in [0, 0.1) is 5.92 Å². The number of hydrogen-bond acceptors (Lipinski definition) is 3. The van der Waals surface area contributed by atoms with Crippen LogP contribution in [-0.2, 0) is 4.79 Å². The molecule has 1 aliphatic rings. The quantitative estimate of drug-likeness (QED) is 0.752. The highest BCUT2D eigenvalue weighted by Gasteiger charge is 2.28. The van der Waals surface area contributed by atoms with Crippen molar-refractivity contribution in [1.29, 1.82) is 0 Å². The standard InChI is InChI=1S/C13H15Cl3N2O2.ClH/c14-8-3-10(16)12(4-9(8)15)20-6-13(19)18-5-11(17)7-1-2-7;/h3-4,7,11H,1-2,5-6,17H2,(H,18,19);1H. The molecular weight excluding hydrogens is 358 g/mol. The first kappa shape index (κ1) is 18.7. The molecule has 1 amide bonds. The molecule has 0 aromatic heterocycles. The fourth-order valence-corrected chi connectivity index (χ4v) is 2.32. The number of halogens is 4. The Morgan fingerprint density at radius 3 is 2.52 bits per heavy atom. The zero-order valence-corrected chi connectivity index (χ0v) is 14.2. The van der Waals surface area contributed by atoms with Gasteiger partial charge >= 0.3 is 0 Å². The SMILES string of the molecule is Cl.NC(CNC(=O)COc1cc(Cl)c(Cl)cc1Cl)C1CC1. The van der Waals surface area contributed by atoms with Gasteiger partial charge in [-0.1, -0.05) is 34.8 Å². The van der Waals surface area contributed by atoms with E-state index in [1.165, 1.54) is 12.1 Å². The van der Waals surface area contributed by atoms with Gasteiger partial charge in [-0.3, -0.25) is 4.79 Å². The van der Waals surface area contributed by atoms with Crippen LogP contribution in [-0.4, -0.2) is 25.1 Å². The number of nitrogens with two attached hydrogens (primary N) is 1. The van der Waals surface area contributed by atoms with Gasteiger partial charge in [0, 0.05) is 18.7 Å². The highest BCUT2D eigenvalue weighted by atomic mass is 35.5. The Bertz CT molecular complexity index is 509. The van der Waals surface area contributed by atoms with Gasteiger partial charge in [-0.25, -0.2) is 0 Å². The Labute approximate surface area is 144 Å². The Kier molecular flexibility index (Phi) is 7.37. The largest absolute Gasteiger partial charge is 0.482 e. The van der Waals surface area contributed by atoms with Crippen molar-refractivity contribution >= 4 is 53.1 Å². The zero-order valence-electron chi connectivity index (χ0n) is 11.1. The van der Waals surface area contributed by atoms with Gasteiger partial charge in [0.1, 0.15) is 5.75 Å². The van der Waals surface area contributed by atoms with Crippen LogP contribution in [0.3, 0.4) is 0 Å². The molecule has 0 aliphatic heterocycles. The van der Waals surface area contributed by atoms with E-state index in [0.717, 1.165) is 12.8 Å². The summed E-state index contributed by atoms with van der Waals surface area (Å²) < 4.78 is 5.31. The summed E-state index contributed by atoms with van der Waals surface area (Å²) in [4.78, 5) is 11.6. The molecule has 1 fully saturated rings. The number of rotatable bonds is 6. The lowest BCUT2D eigenvalue weighted by atomic mass is 10.2. The summed E-state index contributed by atoms with van der Waals surface area (Å²) in [5.74, 6) is 0.617.